The summed E-state index contributed by atoms with van der Waals surface area (Å²) in [5.74, 6) is 0.409. The lowest BCUT2D eigenvalue weighted by Crippen LogP contribution is -2.31. The molecule has 0 radical (unpaired) electrons. The standard InChI is InChI=1S/C25H23Cl2N5O/c26-18-12-10-17(11-13-18)20-14-22-29-30-24(25(33)28-15-16-6-2-1-3-7-16)32(22)31-23(20)19-8-4-5-9-21(19)27/h4-5,8-14,16H,1-3,6-7,15H2,(H,28,33). The van der Waals surface area contributed by atoms with Crippen molar-refractivity contribution in [3.8, 4) is 22.4 Å². The summed E-state index contributed by atoms with van der Waals surface area (Å²) in [5, 5.41) is 17.4. The van der Waals surface area contributed by atoms with Gasteiger partial charge >= 0.3 is 0 Å². The van der Waals surface area contributed by atoms with Gasteiger partial charge in [0.2, 0.25) is 5.82 Å². The Morgan fingerprint density at radius 2 is 1.73 bits per heavy atom. The van der Waals surface area contributed by atoms with E-state index < -0.39 is 0 Å². The van der Waals surface area contributed by atoms with Gasteiger partial charge in [0.25, 0.3) is 5.91 Å². The maximum atomic E-state index is 13.0. The van der Waals surface area contributed by atoms with Crippen LogP contribution in [0.15, 0.2) is 54.6 Å². The van der Waals surface area contributed by atoms with Crippen LogP contribution in [0.1, 0.15) is 42.7 Å². The van der Waals surface area contributed by atoms with E-state index >= 15 is 0 Å². The molecular weight excluding hydrogens is 457 g/mol. The van der Waals surface area contributed by atoms with Gasteiger partial charge in [0.15, 0.2) is 5.65 Å². The smallest absolute Gasteiger partial charge is 0.291 e. The highest BCUT2D eigenvalue weighted by Gasteiger charge is 2.21. The zero-order chi connectivity index (χ0) is 22.8. The molecule has 1 amide bonds. The number of carbonyl (C=O) groups is 1. The fraction of sp³-hybridized carbons (Fsp3) is 0.280. The van der Waals surface area contributed by atoms with Crippen molar-refractivity contribution in [2.75, 3.05) is 6.54 Å². The lowest BCUT2D eigenvalue weighted by Gasteiger charge is -2.21. The Balaban J connectivity index is 1.56. The number of fused-ring (bicyclic) bond motifs is 1. The molecule has 0 spiro atoms. The van der Waals surface area contributed by atoms with Gasteiger partial charge in [0.05, 0.1) is 5.02 Å². The maximum absolute atomic E-state index is 13.0. The highest BCUT2D eigenvalue weighted by Crippen LogP contribution is 2.35. The van der Waals surface area contributed by atoms with Gasteiger partial charge in [0.1, 0.15) is 5.69 Å². The Morgan fingerprint density at radius 3 is 2.48 bits per heavy atom. The minimum Gasteiger partial charge on any atom is -0.349 e. The molecule has 1 fully saturated rings. The molecule has 1 N–H and O–H groups in total. The summed E-state index contributed by atoms with van der Waals surface area (Å²) in [6.45, 7) is 0.647. The zero-order valence-electron chi connectivity index (χ0n) is 18.0. The number of aromatic nitrogens is 4. The summed E-state index contributed by atoms with van der Waals surface area (Å²) in [7, 11) is 0. The third kappa shape index (κ3) is 4.59. The van der Waals surface area contributed by atoms with Gasteiger partial charge in [-0.05, 0) is 48.6 Å². The van der Waals surface area contributed by atoms with Crippen LogP contribution >= 0.6 is 23.2 Å². The number of rotatable bonds is 5. The number of amides is 1. The van der Waals surface area contributed by atoms with Crippen molar-refractivity contribution in [3.05, 3.63) is 70.5 Å². The predicted octanol–water partition coefficient (Wildman–Crippen LogP) is 6.08. The van der Waals surface area contributed by atoms with Gasteiger partial charge in [-0.3, -0.25) is 4.79 Å². The van der Waals surface area contributed by atoms with Gasteiger partial charge in [-0.2, -0.15) is 9.61 Å². The zero-order valence-corrected chi connectivity index (χ0v) is 19.5. The van der Waals surface area contributed by atoms with E-state index in [4.69, 9.17) is 28.3 Å². The van der Waals surface area contributed by atoms with E-state index in [0.29, 0.717) is 33.8 Å². The summed E-state index contributed by atoms with van der Waals surface area (Å²) in [4.78, 5) is 13.0. The second-order valence-corrected chi connectivity index (χ2v) is 9.24. The van der Waals surface area contributed by atoms with Crippen molar-refractivity contribution in [3.63, 3.8) is 0 Å². The molecule has 33 heavy (non-hydrogen) atoms. The molecule has 2 aromatic heterocycles. The van der Waals surface area contributed by atoms with Crippen molar-refractivity contribution in [2.45, 2.75) is 32.1 Å². The monoisotopic (exact) mass is 479 g/mol. The molecule has 2 heterocycles. The first-order chi connectivity index (χ1) is 16.1. The van der Waals surface area contributed by atoms with E-state index in [1.54, 1.807) is 0 Å². The number of halogens is 2. The van der Waals surface area contributed by atoms with Crippen molar-refractivity contribution < 1.29 is 4.79 Å². The van der Waals surface area contributed by atoms with Gasteiger partial charge in [-0.1, -0.05) is 72.8 Å². The van der Waals surface area contributed by atoms with Gasteiger partial charge in [0, 0.05) is 22.7 Å². The van der Waals surface area contributed by atoms with Gasteiger partial charge in [-0.15, -0.1) is 10.2 Å². The molecule has 5 rings (SSSR count). The largest absolute Gasteiger partial charge is 0.349 e. The Bertz CT molecular complexity index is 1300. The van der Waals surface area contributed by atoms with Gasteiger partial charge in [-0.25, -0.2) is 0 Å². The first-order valence-electron chi connectivity index (χ1n) is 11.2. The Labute approximate surface area is 201 Å². The maximum Gasteiger partial charge on any atom is 0.291 e. The predicted molar refractivity (Wildman–Crippen MR) is 131 cm³/mol. The average Bonchev–Trinajstić information content (AvgIpc) is 3.26. The summed E-state index contributed by atoms with van der Waals surface area (Å²) in [6.07, 6.45) is 6.04. The van der Waals surface area contributed by atoms with Crippen LogP contribution in [0.2, 0.25) is 10.0 Å². The SMILES string of the molecule is O=C(NCC1CCCCC1)c1nnc2cc(-c3ccc(Cl)cc3)c(-c3ccccc3Cl)nn12. The molecule has 0 atom stereocenters. The van der Waals surface area contributed by atoms with Crippen LogP contribution < -0.4 is 5.32 Å². The summed E-state index contributed by atoms with van der Waals surface area (Å²) < 4.78 is 1.49. The van der Waals surface area contributed by atoms with Crippen molar-refractivity contribution >= 4 is 34.8 Å². The molecule has 1 aliphatic rings. The van der Waals surface area contributed by atoms with E-state index in [1.807, 2.05) is 54.6 Å². The van der Waals surface area contributed by atoms with E-state index in [1.165, 1.54) is 23.8 Å². The van der Waals surface area contributed by atoms with E-state index in [0.717, 1.165) is 29.5 Å². The molecule has 168 valence electrons. The number of nitrogens with one attached hydrogen (secondary N) is 1. The number of hydrogen-bond donors (Lipinski definition) is 1. The average molecular weight is 480 g/mol. The van der Waals surface area contributed by atoms with E-state index in [2.05, 4.69) is 15.5 Å². The second kappa shape index (κ2) is 9.49. The van der Waals surface area contributed by atoms with Crippen molar-refractivity contribution in [1.29, 1.82) is 0 Å². The highest BCUT2D eigenvalue weighted by atomic mass is 35.5. The molecule has 2 aromatic carbocycles. The molecule has 0 saturated heterocycles. The fourth-order valence-electron chi connectivity index (χ4n) is 4.38. The normalized spacial score (nSPS) is 14.5. The molecule has 6 nitrogen and oxygen atoms in total. The van der Waals surface area contributed by atoms with E-state index in [9.17, 15) is 4.79 Å². The second-order valence-electron chi connectivity index (χ2n) is 8.40. The molecule has 4 aromatic rings. The van der Waals surface area contributed by atoms with Gasteiger partial charge < -0.3 is 5.32 Å². The van der Waals surface area contributed by atoms with Crippen LogP contribution in [0.4, 0.5) is 0 Å². The summed E-state index contributed by atoms with van der Waals surface area (Å²) in [6, 6.07) is 16.9. The Hall–Kier alpha value is -2.96. The van der Waals surface area contributed by atoms with Crippen LogP contribution in [0.25, 0.3) is 28.0 Å². The Morgan fingerprint density at radius 1 is 0.970 bits per heavy atom. The summed E-state index contributed by atoms with van der Waals surface area (Å²) in [5.41, 5.74) is 3.62. The van der Waals surface area contributed by atoms with Crippen LogP contribution in [0, 0.1) is 5.92 Å². The number of benzene rings is 2. The molecule has 0 unspecified atom stereocenters. The van der Waals surface area contributed by atoms with Crippen LogP contribution in [-0.2, 0) is 0 Å². The topological polar surface area (TPSA) is 72.2 Å². The molecule has 1 saturated carbocycles. The quantitative estimate of drug-likeness (QED) is 0.376. The van der Waals surface area contributed by atoms with Crippen LogP contribution in [0.5, 0.6) is 0 Å². The fourth-order valence-corrected chi connectivity index (χ4v) is 4.73. The number of carbonyl (C=O) groups excluding carboxylic acids is 1. The Kier molecular flexibility index (Phi) is 6.29. The third-order valence-electron chi connectivity index (χ3n) is 6.16. The van der Waals surface area contributed by atoms with Crippen molar-refractivity contribution in [1.82, 2.24) is 25.1 Å². The third-order valence-corrected chi connectivity index (χ3v) is 6.74. The first kappa shape index (κ1) is 21.9. The summed E-state index contributed by atoms with van der Waals surface area (Å²) >= 11 is 12.6. The minimum atomic E-state index is -0.273. The lowest BCUT2D eigenvalue weighted by molar-refractivity contribution is 0.0930. The highest BCUT2D eigenvalue weighted by molar-refractivity contribution is 6.33. The minimum absolute atomic E-state index is 0.164. The molecule has 8 heteroatoms. The molecule has 0 aliphatic heterocycles. The first-order valence-corrected chi connectivity index (χ1v) is 11.9. The number of hydrogen-bond acceptors (Lipinski definition) is 4. The van der Waals surface area contributed by atoms with Crippen LogP contribution in [0.3, 0.4) is 0 Å². The molecular formula is C25H23Cl2N5O. The van der Waals surface area contributed by atoms with E-state index in [-0.39, 0.29) is 11.7 Å². The number of nitrogens with zero attached hydrogens (tertiary/aromatic N) is 4. The molecule has 1 aliphatic carbocycles. The van der Waals surface area contributed by atoms with Crippen LogP contribution in [-0.4, -0.2) is 32.3 Å². The molecule has 0 bridgehead atoms. The lowest BCUT2D eigenvalue weighted by atomic mass is 9.89. The van der Waals surface area contributed by atoms with Crippen molar-refractivity contribution in [2.24, 2.45) is 5.92 Å².